The second-order valence-corrected chi connectivity index (χ2v) is 5.51. The zero-order valence-electron chi connectivity index (χ0n) is 12.6. The van der Waals surface area contributed by atoms with E-state index in [9.17, 15) is 15.0 Å². The summed E-state index contributed by atoms with van der Waals surface area (Å²) in [6.07, 6.45) is 0.450. The van der Waals surface area contributed by atoms with E-state index in [0.717, 1.165) is 11.1 Å². The number of nitrogens with two attached hydrogens (primary N) is 1. The quantitative estimate of drug-likeness (QED) is 0.516. The van der Waals surface area contributed by atoms with Gasteiger partial charge in [-0.2, -0.15) is 0 Å². The molecule has 0 bridgehead atoms. The number of rotatable bonds is 4. The molecular weight excluding hydrogens is 280 g/mol. The van der Waals surface area contributed by atoms with Crippen LogP contribution >= 0.6 is 0 Å². The molecule has 0 aliphatic heterocycles. The highest BCUT2D eigenvalue weighted by molar-refractivity contribution is 5.95. The van der Waals surface area contributed by atoms with Gasteiger partial charge < -0.3 is 21.3 Å². The van der Waals surface area contributed by atoms with Gasteiger partial charge in [0.05, 0.1) is 11.4 Å². The SMILES string of the molecule is Cc1ccc(N)c(NC(=O)C(C)Cc2ccc(O)c(O)c2)c1. The summed E-state index contributed by atoms with van der Waals surface area (Å²) in [5.74, 6) is -0.810. The molecule has 1 atom stereocenters. The highest BCUT2D eigenvalue weighted by Crippen LogP contribution is 2.26. The molecule has 2 rings (SSSR count). The number of anilines is 2. The smallest absolute Gasteiger partial charge is 0.227 e. The summed E-state index contributed by atoms with van der Waals surface area (Å²) >= 11 is 0. The Labute approximate surface area is 129 Å². The van der Waals surface area contributed by atoms with Crippen molar-refractivity contribution in [3.63, 3.8) is 0 Å². The fraction of sp³-hybridized carbons (Fsp3) is 0.235. The Morgan fingerprint density at radius 2 is 1.91 bits per heavy atom. The molecule has 116 valence electrons. The highest BCUT2D eigenvalue weighted by Gasteiger charge is 2.15. The van der Waals surface area contributed by atoms with Crippen molar-refractivity contribution in [2.75, 3.05) is 11.1 Å². The molecule has 0 aliphatic carbocycles. The molecule has 2 aromatic rings. The van der Waals surface area contributed by atoms with Crippen LogP contribution in [0.3, 0.4) is 0 Å². The number of aromatic hydroxyl groups is 2. The second kappa shape index (κ2) is 6.39. The van der Waals surface area contributed by atoms with Crippen molar-refractivity contribution in [1.29, 1.82) is 0 Å². The number of carbonyl (C=O) groups is 1. The molecule has 5 heteroatoms. The Bertz CT molecular complexity index is 698. The number of hydrogen-bond acceptors (Lipinski definition) is 4. The summed E-state index contributed by atoms with van der Waals surface area (Å²) in [5.41, 5.74) is 8.76. The normalized spacial score (nSPS) is 11.9. The first-order chi connectivity index (χ1) is 10.4. The number of amides is 1. The number of nitrogens with one attached hydrogen (secondary N) is 1. The van der Waals surface area contributed by atoms with Crippen LogP contribution in [0.1, 0.15) is 18.1 Å². The molecule has 0 aliphatic rings. The molecule has 5 nitrogen and oxygen atoms in total. The van der Waals surface area contributed by atoms with Crippen LogP contribution in [0.2, 0.25) is 0 Å². The Hall–Kier alpha value is -2.69. The highest BCUT2D eigenvalue weighted by atomic mass is 16.3. The van der Waals surface area contributed by atoms with E-state index >= 15 is 0 Å². The zero-order valence-corrected chi connectivity index (χ0v) is 12.6. The lowest BCUT2D eigenvalue weighted by atomic mass is 9.99. The van der Waals surface area contributed by atoms with Crippen molar-refractivity contribution in [2.45, 2.75) is 20.3 Å². The first-order valence-electron chi connectivity index (χ1n) is 7.04. The summed E-state index contributed by atoms with van der Waals surface area (Å²) in [4.78, 5) is 12.3. The Balaban J connectivity index is 2.05. The predicted molar refractivity (Wildman–Crippen MR) is 86.9 cm³/mol. The molecule has 0 heterocycles. The van der Waals surface area contributed by atoms with Crippen molar-refractivity contribution in [2.24, 2.45) is 5.92 Å². The van der Waals surface area contributed by atoms with Crippen LogP contribution in [-0.2, 0) is 11.2 Å². The Kier molecular flexibility index (Phi) is 4.56. The lowest BCUT2D eigenvalue weighted by Gasteiger charge is -2.14. The molecule has 0 radical (unpaired) electrons. The third-order valence-electron chi connectivity index (χ3n) is 3.50. The molecule has 0 aromatic heterocycles. The van der Waals surface area contributed by atoms with Gasteiger partial charge in [-0.15, -0.1) is 0 Å². The van der Waals surface area contributed by atoms with E-state index in [0.29, 0.717) is 17.8 Å². The third kappa shape index (κ3) is 3.69. The molecule has 0 saturated carbocycles. The average molecular weight is 300 g/mol. The lowest BCUT2D eigenvalue weighted by Crippen LogP contribution is -2.22. The van der Waals surface area contributed by atoms with Gasteiger partial charge in [0, 0.05) is 5.92 Å². The van der Waals surface area contributed by atoms with Crippen molar-refractivity contribution in [3.8, 4) is 11.5 Å². The summed E-state index contributed by atoms with van der Waals surface area (Å²) in [7, 11) is 0. The molecular formula is C17H20N2O3. The fourth-order valence-electron chi connectivity index (χ4n) is 2.18. The van der Waals surface area contributed by atoms with Crippen LogP contribution in [0.25, 0.3) is 0 Å². The minimum atomic E-state index is -0.302. The topological polar surface area (TPSA) is 95.6 Å². The van der Waals surface area contributed by atoms with Gasteiger partial charge in [0.2, 0.25) is 5.91 Å². The van der Waals surface area contributed by atoms with Gasteiger partial charge in [0.15, 0.2) is 11.5 Å². The Morgan fingerprint density at radius 1 is 1.18 bits per heavy atom. The molecule has 0 saturated heterocycles. The number of hydrogen-bond donors (Lipinski definition) is 4. The maximum Gasteiger partial charge on any atom is 0.227 e. The van der Waals surface area contributed by atoms with Crippen LogP contribution in [-0.4, -0.2) is 16.1 Å². The van der Waals surface area contributed by atoms with E-state index < -0.39 is 0 Å². The van der Waals surface area contributed by atoms with Gasteiger partial charge >= 0.3 is 0 Å². The van der Waals surface area contributed by atoms with Crippen LogP contribution in [0.15, 0.2) is 36.4 Å². The van der Waals surface area contributed by atoms with Crippen molar-refractivity contribution in [3.05, 3.63) is 47.5 Å². The fourth-order valence-corrected chi connectivity index (χ4v) is 2.18. The Morgan fingerprint density at radius 3 is 2.59 bits per heavy atom. The largest absolute Gasteiger partial charge is 0.504 e. The van der Waals surface area contributed by atoms with Crippen LogP contribution in [0.5, 0.6) is 11.5 Å². The number of phenolic OH excluding ortho intramolecular Hbond substituents is 2. The molecule has 1 amide bonds. The standard InChI is InChI=1S/C17H20N2O3/c1-10-3-5-13(18)14(7-10)19-17(22)11(2)8-12-4-6-15(20)16(21)9-12/h3-7,9,11,20-21H,8,18H2,1-2H3,(H,19,22). The van der Waals surface area contributed by atoms with E-state index in [2.05, 4.69) is 5.32 Å². The van der Waals surface area contributed by atoms with E-state index in [1.807, 2.05) is 19.1 Å². The summed E-state index contributed by atoms with van der Waals surface area (Å²) < 4.78 is 0. The number of aryl methyl sites for hydroxylation is 1. The maximum absolute atomic E-state index is 12.3. The molecule has 2 aromatic carbocycles. The van der Waals surface area contributed by atoms with Crippen molar-refractivity contribution in [1.82, 2.24) is 0 Å². The van der Waals surface area contributed by atoms with Gasteiger partial charge in [-0.05, 0) is 48.7 Å². The van der Waals surface area contributed by atoms with Gasteiger partial charge in [-0.1, -0.05) is 19.1 Å². The monoisotopic (exact) mass is 300 g/mol. The van der Waals surface area contributed by atoms with E-state index in [1.165, 1.54) is 12.1 Å². The van der Waals surface area contributed by atoms with Crippen LogP contribution in [0, 0.1) is 12.8 Å². The van der Waals surface area contributed by atoms with Crippen molar-refractivity contribution >= 4 is 17.3 Å². The summed E-state index contributed by atoms with van der Waals surface area (Å²) in [6.45, 7) is 3.73. The van der Waals surface area contributed by atoms with Crippen LogP contribution in [0.4, 0.5) is 11.4 Å². The molecule has 0 fully saturated rings. The van der Waals surface area contributed by atoms with Gasteiger partial charge in [0.1, 0.15) is 0 Å². The number of carbonyl (C=O) groups excluding carboxylic acids is 1. The predicted octanol–water partition coefficient (Wildman–Crippen LogP) is 2.81. The third-order valence-corrected chi connectivity index (χ3v) is 3.50. The molecule has 0 spiro atoms. The van der Waals surface area contributed by atoms with Gasteiger partial charge in [-0.3, -0.25) is 4.79 Å². The van der Waals surface area contributed by atoms with E-state index in [4.69, 9.17) is 5.73 Å². The molecule has 5 N–H and O–H groups in total. The number of phenols is 2. The summed E-state index contributed by atoms with van der Waals surface area (Å²) in [6, 6.07) is 10.0. The van der Waals surface area contributed by atoms with Gasteiger partial charge in [0.25, 0.3) is 0 Å². The molecule has 22 heavy (non-hydrogen) atoms. The maximum atomic E-state index is 12.3. The first kappa shape index (κ1) is 15.7. The first-order valence-corrected chi connectivity index (χ1v) is 7.04. The lowest BCUT2D eigenvalue weighted by molar-refractivity contribution is -0.119. The van der Waals surface area contributed by atoms with Gasteiger partial charge in [-0.25, -0.2) is 0 Å². The second-order valence-electron chi connectivity index (χ2n) is 5.51. The van der Waals surface area contributed by atoms with E-state index in [-0.39, 0.29) is 23.3 Å². The minimum absolute atomic E-state index is 0.148. The van der Waals surface area contributed by atoms with Crippen LogP contribution < -0.4 is 11.1 Å². The van der Waals surface area contributed by atoms with E-state index in [1.54, 1.807) is 19.1 Å². The minimum Gasteiger partial charge on any atom is -0.504 e. The molecule has 1 unspecified atom stereocenters. The zero-order chi connectivity index (χ0) is 16.3. The van der Waals surface area contributed by atoms with Crippen molar-refractivity contribution < 1.29 is 15.0 Å². The average Bonchev–Trinajstić information content (AvgIpc) is 2.46. The number of benzene rings is 2. The number of nitrogen functional groups attached to an aromatic ring is 1. The summed E-state index contributed by atoms with van der Waals surface area (Å²) in [5, 5.41) is 21.6.